The molecule has 2 rings (SSSR count). The second-order valence-electron chi connectivity index (χ2n) is 4.49. The number of likely N-dealkylation sites (N-methyl/N-ethyl adjacent to an activating group) is 1. The van der Waals surface area contributed by atoms with E-state index in [9.17, 15) is 4.39 Å². The fourth-order valence-electron chi connectivity index (χ4n) is 1.96. The molecule has 1 N–H and O–H groups in total. The summed E-state index contributed by atoms with van der Waals surface area (Å²) >= 11 is 0. The first-order chi connectivity index (χ1) is 9.20. The van der Waals surface area contributed by atoms with Crippen LogP contribution in [0.25, 0.3) is 0 Å². The van der Waals surface area contributed by atoms with E-state index in [4.69, 9.17) is 4.74 Å². The lowest BCUT2D eigenvalue weighted by atomic mass is 10.0. The normalized spacial score (nSPS) is 12.2. The van der Waals surface area contributed by atoms with Crippen molar-refractivity contribution in [3.8, 4) is 5.75 Å². The van der Waals surface area contributed by atoms with Crippen LogP contribution in [0.2, 0.25) is 0 Å². The van der Waals surface area contributed by atoms with Crippen LogP contribution in [0.3, 0.4) is 0 Å². The molecular formula is C16H18FNO. The SMILES string of the molecule is CNC(COc1ccccc1)c1cc(C)ccc1F. The summed E-state index contributed by atoms with van der Waals surface area (Å²) in [5.74, 6) is 0.581. The lowest BCUT2D eigenvalue weighted by Crippen LogP contribution is -2.24. The first kappa shape index (κ1) is 13.6. The van der Waals surface area contributed by atoms with Crippen LogP contribution in [0.5, 0.6) is 5.75 Å². The van der Waals surface area contributed by atoms with E-state index in [1.807, 2.05) is 43.3 Å². The van der Waals surface area contributed by atoms with E-state index >= 15 is 0 Å². The Kier molecular flexibility index (Phi) is 4.53. The third-order valence-corrected chi connectivity index (χ3v) is 3.04. The van der Waals surface area contributed by atoms with Gasteiger partial charge in [0.25, 0.3) is 0 Å². The fourth-order valence-corrected chi connectivity index (χ4v) is 1.96. The summed E-state index contributed by atoms with van der Waals surface area (Å²) in [5, 5.41) is 3.09. The number of hydrogen-bond acceptors (Lipinski definition) is 2. The van der Waals surface area contributed by atoms with Crippen LogP contribution in [-0.4, -0.2) is 13.7 Å². The van der Waals surface area contributed by atoms with Crippen molar-refractivity contribution in [1.82, 2.24) is 5.32 Å². The van der Waals surface area contributed by atoms with Crippen LogP contribution in [0.15, 0.2) is 48.5 Å². The van der Waals surface area contributed by atoms with Crippen molar-refractivity contribution in [1.29, 1.82) is 0 Å². The maximum atomic E-state index is 13.8. The molecule has 0 aliphatic carbocycles. The van der Waals surface area contributed by atoms with Gasteiger partial charge in [-0.3, -0.25) is 0 Å². The highest BCUT2D eigenvalue weighted by molar-refractivity contribution is 5.27. The molecule has 100 valence electrons. The first-order valence-corrected chi connectivity index (χ1v) is 6.32. The zero-order valence-corrected chi connectivity index (χ0v) is 11.2. The topological polar surface area (TPSA) is 21.3 Å². The number of rotatable bonds is 5. The van der Waals surface area contributed by atoms with Gasteiger partial charge in [-0.15, -0.1) is 0 Å². The molecule has 0 aliphatic heterocycles. The number of para-hydroxylation sites is 1. The summed E-state index contributed by atoms with van der Waals surface area (Å²) in [6, 6.07) is 14.5. The molecule has 0 aromatic heterocycles. The molecule has 0 aliphatic rings. The fraction of sp³-hybridized carbons (Fsp3) is 0.250. The van der Waals surface area contributed by atoms with Crippen LogP contribution in [0.1, 0.15) is 17.2 Å². The molecule has 2 aromatic carbocycles. The van der Waals surface area contributed by atoms with Gasteiger partial charge in [-0.2, -0.15) is 0 Å². The van der Waals surface area contributed by atoms with Crippen molar-refractivity contribution in [2.24, 2.45) is 0 Å². The molecule has 3 heteroatoms. The van der Waals surface area contributed by atoms with E-state index in [-0.39, 0.29) is 11.9 Å². The highest BCUT2D eigenvalue weighted by Gasteiger charge is 2.14. The van der Waals surface area contributed by atoms with Crippen molar-refractivity contribution in [2.75, 3.05) is 13.7 Å². The first-order valence-electron chi connectivity index (χ1n) is 6.32. The van der Waals surface area contributed by atoms with Gasteiger partial charge in [-0.1, -0.05) is 35.9 Å². The minimum atomic E-state index is -0.207. The molecule has 0 radical (unpaired) electrons. The van der Waals surface area contributed by atoms with E-state index < -0.39 is 0 Å². The van der Waals surface area contributed by atoms with Gasteiger partial charge in [0.15, 0.2) is 0 Å². The van der Waals surface area contributed by atoms with E-state index in [1.54, 1.807) is 13.1 Å². The molecule has 19 heavy (non-hydrogen) atoms. The summed E-state index contributed by atoms with van der Waals surface area (Å²) in [5.41, 5.74) is 1.68. The van der Waals surface area contributed by atoms with Crippen LogP contribution in [0.4, 0.5) is 4.39 Å². The molecule has 0 amide bonds. The second-order valence-corrected chi connectivity index (χ2v) is 4.49. The molecule has 0 spiro atoms. The van der Waals surface area contributed by atoms with Gasteiger partial charge in [-0.05, 0) is 32.2 Å². The van der Waals surface area contributed by atoms with Crippen molar-refractivity contribution in [2.45, 2.75) is 13.0 Å². The van der Waals surface area contributed by atoms with E-state index in [0.29, 0.717) is 12.2 Å². The Morgan fingerprint density at radius 3 is 2.58 bits per heavy atom. The Balaban J connectivity index is 2.10. The molecule has 2 nitrogen and oxygen atoms in total. The van der Waals surface area contributed by atoms with Gasteiger partial charge in [-0.25, -0.2) is 4.39 Å². The van der Waals surface area contributed by atoms with Gasteiger partial charge in [0.2, 0.25) is 0 Å². The number of benzene rings is 2. The van der Waals surface area contributed by atoms with Crippen LogP contribution in [0, 0.1) is 12.7 Å². The van der Waals surface area contributed by atoms with Crippen LogP contribution >= 0.6 is 0 Å². The molecule has 0 bridgehead atoms. The average Bonchev–Trinajstić information content (AvgIpc) is 2.44. The molecule has 0 heterocycles. The van der Waals surface area contributed by atoms with Crippen molar-refractivity contribution in [3.05, 3.63) is 65.5 Å². The third-order valence-electron chi connectivity index (χ3n) is 3.04. The van der Waals surface area contributed by atoms with Gasteiger partial charge >= 0.3 is 0 Å². The van der Waals surface area contributed by atoms with Crippen molar-refractivity contribution in [3.63, 3.8) is 0 Å². The lowest BCUT2D eigenvalue weighted by Gasteiger charge is -2.18. The third kappa shape index (κ3) is 3.55. The highest BCUT2D eigenvalue weighted by Crippen LogP contribution is 2.20. The molecule has 2 aromatic rings. The Labute approximate surface area is 113 Å². The molecule has 1 atom stereocenters. The quantitative estimate of drug-likeness (QED) is 0.887. The monoisotopic (exact) mass is 259 g/mol. The minimum absolute atomic E-state index is 0.167. The largest absolute Gasteiger partial charge is 0.492 e. The predicted octanol–water partition coefficient (Wildman–Crippen LogP) is 3.47. The Morgan fingerprint density at radius 2 is 1.89 bits per heavy atom. The summed E-state index contributed by atoms with van der Waals surface area (Å²) in [7, 11) is 1.81. The maximum Gasteiger partial charge on any atom is 0.128 e. The Hall–Kier alpha value is -1.87. The van der Waals surface area contributed by atoms with E-state index in [2.05, 4.69) is 5.32 Å². The Morgan fingerprint density at radius 1 is 1.16 bits per heavy atom. The summed E-state index contributed by atoms with van der Waals surface area (Å²) < 4.78 is 19.5. The lowest BCUT2D eigenvalue weighted by molar-refractivity contribution is 0.270. The molecule has 0 saturated carbocycles. The average molecular weight is 259 g/mol. The number of ether oxygens (including phenoxy) is 1. The summed E-state index contributed by atoms with van der Waals surface area (Å²) in [6.45, 7) is 2.34. The molecule has 0 saturated heterocycles. The maximum absolute atomic E-state index is 13.8. The van der Waals surface area contributed by atoms with Gasteiger partial charge in [0.1, 0.15) is 18.2 Å². The number of hydrogen-bond donors (Lipinski definition) is 1. The standard InChI is InChI=1S/C16H18FNO/c1-12-8-9-15(17)14(10-12)16(18-2)11-19-13-6-4-3-5-7-13/h3-10,16,18H,11H2,1-2H3. The van der Waals surface area contributed by atoms with Gasteiger partial charge in [0, 0.05) is 5.56 Å². The molecule has 0 fully saturated rings. The molecular weight excluding hydrogens is 241 g/mol. The number of nitrogens with one attached hydrogen (secondary N) is 1. The number of halogens is 1. The summed E-state index contributed by atoms with van der Waals surface area (Å²) in [4.78, 5) is 0. The summed E-state index contributed by atoms with van der Waals surface area (Å²) in [6.07, 6.45) is 0. The minimum Gasteiger partial charge on any atom is -0.492 e. The smallest absolute Gasteiger partial charge is 0.128 e. The zero-order chi connectivity index (χ0) is 13.7. The van der Waals surface area contributed by atoms with Gasteiger partial charge in [0.05, 0.1) is 6.04 Å². The van der Waals surface area contributed by atoms with Gasteiger partial charge < -0.3 is 10.1 Å². The Bertz CT molecular complexity index is 528. The van der Waals surface area contributed by atoms with E-state index in [1.165, 1.54) is 6.07 Å². The van der Waals surface area contributed by atoms with Crippen LogP contribution in [-0.2, 0) is 0 Å². The number of aryl methyl sites for hydroxylation is 1. The van der Waals surface area contributed by atoms with Crippen molar-refractivity contribution < 1.29 is 9.13 Å². The zero-order valence-electron chi connectivity index (χ0n) is 11.2. The predicted molar refractivity (Wildman–Crippen MR) is 74.9 cm³/mol. The van der Waals surface area contributed by atoms with Crippen LogP contribution < -0.4 is 10.1 Å². The second kappa shape index (κ2) is 6.34. The highest BCUT2D eigenvalue weighted by atomic mass is 19.1. The van der Waals surface area contributed by atoms with E-state index in [0.717, 1.165) is 11.3 Å². The van der Waals surface area contributed by atoms with Crippen molar-refractivity contribution >= 4 is 0 Å². The molecule has 1 unspecified atom stereocenters.